The Morgan fingerprint density at radius 3 is 2.96 bits per heavy atom. The van der Waals surface area contributed by atoms with Crippen molar-refractivity contribution in [3.05, 3.63) is 53.7 Å². The first-order valence-electron chi connectivity index (χ1n) is 8.67. The highest BCUT2D eigenvalue weighted by Gasteiger charge is 2.21. The van der Waals surface area contributed by atoms with E-state index in [0.717, 1.165) is 37.3 Å². The first-order chi connectivity index (χ1) is 12.2. The third kappa shape index (κ3) is 3.28. The number of amides is 1. The Labute approximate surface area is 146 Å². The lowest BCUT2D eigenvalue weighted by Crippen LogP contribution is -2.33. The van der Waals surface area contributed by atoms with Crippen LogP contribution in [-0.4, -0.2) is 38.2 Å². The number of pyridine rings is 1. The van der Waals surface area contributed by atoms with Crippen LogP contribution < -0.4 is 10.6 Å². The summed E-state index contributed by atoms with van der Waals surface area (Å²) in [6, 6.07) is 6.08. The molecule has 1 amide bonds. The SMILES string of the molecule is Cc1ccc2nc(CNC(=O)c3ccnn3C3CCNCC3)cn2c1. The zero-order valence-corrected chi connectivity index (χ0v) is 14.3. The Kier molecular flexibility index (Phi) is 4.23. The molecule has 1 fully saturated rings. The van der Waals surface area contributed by atoms with Crippen molar-refractivity contribution in [3.63, 3.8) is 0 Å². The lowest BCUT2D eigenvalue weighted by atomic mass is 10.1. The van der Waals surface area contributed by atoms with E-state index < -0.39 is 0 Å². The normalized spacial score (nSPS) is 15.6. The molecule has 2 N–H and O–H groups in total. The Morgan fingerprint density at radius 2 is 2.12 bits per heavy atom. The summed E-state index contributed by atoms with van der Waals surface area (Å²) >= 11 is 0. The fourth-order valence-corrected chi connectivity index (χ4v) is 3.34. The minimum Gasteiger partial charge on any atom is -0.345 e. The van der Waals surface area contributed by atoms with E-state index in [1.54, 1.807) is 12.3 Å². The third-order valence-electron chi connectivity index (χ3n) is 4.64. The summed E-state index contributed by atoms with van der Waals surface area (Å²) in [5.74, 6) is -0.107. The standard InChI is InChI=1S/C18H22N6O/c1-13-2-3-17-22-14(12-23(17)11-13)10-20-18(25)16-6-9-21-24(16)15-4-7-19-8-5-15/h2-3,6,9,11-12,15,19H,4-5,7-8,10H2,1H3,(H,20,25). The van der Waals surface area contributed by atoms with Gasteiger partial charge in [-0.05, 0) is 50.6 Å². The van der Waals surface area contributed by atoms with Gasteiger partial charge in [0.2, 0.25) is 0 Å². The number of nitrogens with zero attached hydrogens (tertiary/aromatic N) is 4. The second-order valence-corrected chi connectivity index (χ2v) is 6.53. The minimum absolute atomic E-state index is 0.107. The second-order valence-electron chi connectivity index (χ2n) is 6.53. The van der Waals surface area contributed by atoms with Crippen LogP contribution in [0.25, 0.3) is 5.65 Å². The van der Waals surface area contributed by atoms with Crippen LogP contribution in [0.2, 0.25) is 0 Å². The zero-order chi connectivity index (χ0) is 17.2. The molecule has 1 aliphatic rings. The number of aryl methyl sites for hydroxylation is 1. The highest BCUT2D eigenvalue weighted by atomic mass is 16.2. The van der Waals surface area contributed by atoms with Gasteiger partial charge in [-0.3, -0.25) is 9.48 Å². The van der Waals surface area contributed by atoms with Crippen LogP contribution in [0, 0.1) is 6.92 Å². The average molecular weight is 338 g/mol. The van der Waals surface area contributed by atoms with Gasteiger partial charge >= 0.3 is 0 Å². The van der Waals surface area contributed by atoms with Crippen molar-refractivity contribution in [1.29, 1.82) is 0 Å². The molecule has 0 atom stereocenters. The van der Waals surface area contributed by atoms with Gasteiger partial charge in [0.15, 0.2) is 0 Å². The summed E-state index contributed by atoms with van der Waals surface area (Å²) in [4.78, 5) is 17.1. The van der Waals surface area contributed by atoms with Crippen molar-refractivity contribution in [2.75, 3.05) is 13.1 Å². The largest absolute Gasteiger partial charge is 0.345 e. The highest BCUT2D eigenvalue weighted by Crippen LogP contribution is 2.19. The quantitative estimate of drug-likeness (QED) is 0.759. The molecular formula is C18H22N6O. The molecule has 3 aromatic rings. The number of nitrogens with one attached hydrogen (secondary N) is 2. The number of imidazole rings is 1. The summed E-state index contributed by atoms with van der Waals surface area (Å²) in [6.07, 6.45) is 7.67. The number of carbonyl (C=O) groups excluding carboxylic acids is 1. The van der Waals surface area contributed by atoms with Crippen LogP contribution in [0.15, 0.2) is 36.8 Å². The van der Waals surface area contributed by atoms with Crippen molar-refractivity contribution in [2.45, 2.75) is 32.4 Å². The van der Waals surface area contributed by atoms with Crippen molar-refractivity contribution in [2.24, 2.45) is 0 Å². The summed E-state index contributed by atoms with van der Waals surface area (Å²) < 4.78 is 3.85. The molecule has 25 heavy (non-hydrogen) atoms. The Balaban J connectivity index is 1.46. The van der Waals surface area contributed by atoms with Crippen LogP contribution in [0.1, 0.15) is 40.6 Å². The Bertz CT molecular complexity index is 890. The van der Waals surface area contributed by atoms with Gasteiger partial charge in [0.1, 0.15) is 11.3 Å². The van der Waals surface area contributed by atoms with Crippen LogP contribution in [0.5, 0.6) is 0 Å². The van der Waals surface area contributed by atoms with Gasteiger partial charge in [-0.25, -0.2) is 4.98 Å². The Hall–Kier alpha value is -2.67. The molecule has 1 saturated heterocycles. The van der Waals surface area contributed by atoms with E-state index >= 15 is 0 Å². The van der Waals surface area contributed by atoms with E-state index in [1.165, 1.54) is 5.56 Å². The first-order valence-corrected chi connectivity index (χ1v) is 8.67. The number of hydrogen-bond acceptors (Lipinski definition) is 4. The van der Waals surface area contributed by atoms with Crippen molar-refractivity contribution >= 4 is 11.6 Å². The fraction of sp³-hybridized carbons (Fsp3) is 0.389. The van der Waals surface area contributed by atoms with E-state index in [2.05, 4.69) is 20.7 Å². The lowest BCUT2D eigenvalue weighted by molar-refractivity contribution is 0.0935. The van der Waals surface area contributed by atoms with Gasteiger partial charge in [-0.1, -0.05) is 6.07 Å². The third-order valence-corrected chi connectivity index (χ3v) is 4.64. The molecular weight excluding hydrogens is 316 g/mol. The number of carbonyl (C=O) groups is 1. The molecule has 4 heterocycles. The second kappa shape index (κ2) is 6.68. The van der Waals surface area contributed by atoms with Crippen molar-refractivity contribution in [1.82, 2.24) is 29.8 Å². The molecule has 0 spiro atoms. The summed E-state index contributed by atoms with van der Waals surface area (Å²) in [7, 11) is 0. The van der Waals surface area contributed by atoms with Gasteiger partial charge in [-0.2, -0.15) is 5.10 Å². The Morgan fingerprint density at radius 1 is 1.28 bits per heavy atom. The topological polar surface area (TPSA) is 76.2 Å². The van der Waals surface area contributed by atoms with Crippen LogP contribution in [0.3, 0.4) is 0 Å². The monoisotopic (exact) mass is 338 g/mol. The number of rotatable bonds is 4. The maximum Gasteiger partial charge on any atom is 0.269 e. The minimum atomic E-state index is -0.107. The van der Waals surface area contributed by atoms with E-state index in [-0.39, 0.29) is 11.9 Å². The predicted octanol–water partition coefficient (Wildman–Crippen LogP) is 1.69. The average Bonchev–Trinajstić information content (AvgIpc) is 3.26. The summed E-state index contributed by atoms with van der Waals surface area (Å²) in [6.45, 7) is 4.37. The predicted molar refractivity (Wildman–Crippen MR) is 94.5 cm³/mol. The molecule has 0 aliphatic carbocycles. The molecule has 0 radical (unpaired) electrons. The van der Waals surface area contributed by atoms with Gasteiger partial charge in [-0.15, -0.1) is 0 Å². The van der Waals surface area contributed by atoms with Crippen LogP contribution in [-0.2, 0) is 6.54 Å². The number of aromatic nitrogens is 4. The molecule has 0 saturated carbocycles. The van der Waals surface area contributed by atoms with E-state index in [9.17, 15) is 4.79 Å². The van der Waals surface area contributed by atoms with E-state index in [1.807, 2.05) is 40.5 Å². The molecule has 4 rings (SSSR count). The molecule has 0 aromatic carbocycles. The smallest absolute Gasteiger partial charge is 0.269 e. The van der Waals surface area contributed by atoms with E-state index in [0.29, 0.717) is 12.2 Å². The molecule has 0 bridgehead atoms. The van der Waals surface area contributed by atoms with Gasteiger partial charge < -0.3 is 15.0 Å². The van der Waals surface area contributed by atoms with Crippen LogP contribution >= 0.6 is 0 Å². The number of fused-ring (bicyclic) bond motifs is 1. The van der Waals surface area contributed by atoms with Gasteiger partial charge in [0, 0.05) is 18.6 Å². The number of hydrogen-bond donors (Lipinski definition) is 2. The van der Waals surface area contributed by atoms with E-state index in [4.69, 9.17) is 0 Å². The van der Waals surface area contributed by atoms with Gasteiger partial charge in [0.25, 0.3) is 5.91 Å². The van der Waals surface area contributed by atoms with Crippen molar-refractivity contribution < 1.29 is 4.79 Å². The maximum atomic E-state index is 12.6. The lowest BCUT2D eigenvalue weighted by Gasteiger charge is -2.24. The maximum absolute atomic E-state index is 12.6. The number of piperidine rings is 1. The zero-order valence-electron chi connectivity index (χ0n) is 14.3. The molecule has 0 unspecified atom stereocenters. The highest BCUT2D eigenvalue weighted by molar-refractivity contribution is 5.92. The first kappa shape index (κ1) is 15.8. The van der Waals surface area contributed by atoms with Crippen molar-refractivity contribution in [3.8, 4) is 0 Å². The molecule has 7 nitrogen and oxygen atoms in total. The molecule has 7 heteroatoms. The summed E-state index contributed by atoms with van der Waals surface area (Å²) in [5.41, 5.74) is 3.51. The molecule has 130 valence electrons. The molecule has 1 aliphatic heterocycles. The van der Waals surface area contributed by atoms with Gasteiger partial charge in [0.05, 0.1) is 18.3 Å². The van der Waals surface area contributed by atoms with Crippen LogP contribution in [0.4, 0.5) is 0 Å². The summed E-state index contributed by atoms with van der Waals surface area (Å²) in [5, 5.41) is 10.7. The molecule has 3 aromatic heterocycles. The fourth-order valence-electron chi connectivity index (χ4n) is 3.34.